The van der Waals surface area contributed by atoms with E-state index in [2.05, 4.69) is 16.0 Å². The van der Waals surface area contributed by atoms with Crippen LogP contribution in [-0.2, 0) is 9.59 Å². The standard InChI is InChI=1S/C11H19N4O2/c1-6(12)9(16)14-7(2)10(17)15-11-3-8(11)4-13-5-11/h6-8H,3-5,12H2,1-2H3,(H,14,16)(H,15,17)/t6-,7-,8?,11?/m0/s1. The number of carbonyl (C=O) groups is 2. The highest BCUT2D eigenvalue weighted by molar-refractivity contribution is 5.89. The molecule has 1 aliphatic carbocycles. The molecule has 4 N–H and O–H groups in total. The molecule has 1 heterocycles. The van der Waals surface area contributed by atoms with Gasteiger partial charge >= 0.3 is 0 Å². The van der Waals surface area contributed by atoms with Gasteiger partial charge in [-0.2, -0.15) is 0 Å². The number of amides is 2. The van der Waals surface area contributed by atoms with Crippen molar-refractivity contribution in [3.05, 3.63) is 0 Å². The molecule has 2 amide bonds. The van der Waals surface area contributed by atoms with Crippen molar-refractivity contribution in [2.75, 3.05) is 13.1 Å². The first-order valence-corrected chi connectivity index (χ1v) is 5.96. The zero-order chi connectivity index (χ0) is 12.6. The molecule has 17 heavy (non-hydrogen) atoms. The van der Waals surface area contributed by atoms with Crippen LogP contribution in [0.1, 0.15) is 20.3 Å². The highest BCUT2D eigenvalue weighted by Gasteiger charge is 2.59. The third-order valence-electron chi connectivity index (χ3n) is 3.51. The molecule has 2 aliphatic rings. The number of hydrogen-bond acceptors (Lipinski definition) is 3. The minimum atomic E-state index is -0.599. The molecule has 0 aromatic rings. The second-order valence-corrected chi connectivity index (χ2v) is 5.13. The van der Waals surface area contributed by atoms with Gasteiger partial charge in [-0.25, -0.2) is 5.32 Å². The molecule has 95 valence electrons. The summed E-state index contributed by atoms with van der Waals surface area (Å²) in [6.07, 6.45) is 1.01. The van der Waals surface area contributed by atoms with Crippen LogP contribution in [0.15, 0.2) is 0 Å². The zero-order valence-corrected chi connectivity index (χ0v) is 10.2. The normalized spacial score (nSPS) is 33.5. The molecule has 1 saturated heterocycles. The lowest BCUT2D eigenvalue weighted by atomic mass is 10.2. The van der Waals surface area contributed by atoms with Crippen LogP contribution in [-0.4, -0.2) is 42.5 Å². The Kier molecular flexibility index (Phi) is 3.09. The molecule has 0 aromatic carbocycles. The Balaban J connectivity index is 1.82. The van der Waals surface area contributed by atoms with Crippen LogP contribution in [0.5, 0.6) is 0 Å². The van der Waals surface area contributed by atoms with Crippen molar-refractivity contribution in [2.24, 2.45) is 11.7 Å². The number of nitrogens with one attached hydrogen (secondary N) is 2. The van der Waals surface area contributed by atoms with Crippen molar-refractivity contribution >= 4 is 11.8 Å². The Morgan fingerprint density at radius 3 is 2.59 bits per heavy atom. The van der Waals surface area contributed by atoms with E-state index in [1.54, 1.807) is 13.8 Å². The molecule has 1 radical (unpaired) electrons. The molecule has 2 unspecified atom stereocenters. The average molecular weight is 239 g/mol. The summed E-state index contributed by atoms with van der Waals surface area (Å²) in [5.74, 6) is 0.0370. The molecule has 0 spiro atoms. The molecule has 6 nitrogen and oxygen atoms in total. The molecule has 0 aromatic heterocycles. The fourth-order valence-electron chi connectivity index (χ4n) is 2.19. The van der Waals surface area contributed by atoms with Crippen molar-refractivity contribution in [3.8, 4) is 0 Å². The monoisotopic (exact) mass is 239 g/mol. The van der Waals surface area contributed by atoms with E-state index >= 15 is 0 Å². The first-order valence-electron chi connectivity index (χ1n) is 5.96. The van der Waals surface area contributed by atoms with E-state index in [-0.39, 0.29) is 17.4 Å². The predicted molar refractivity (Wildman–Crippen MR) is 62.1 cm³/mol. The Morgan fingerprint density at radius 1 is 1.41 bits per heavy atom. The minimum absolute atomic E-state index is 0.107. The van der Waals surface area contributed by atoms with E-state index in [4.69, 9.17) is 5.73 Å². The second-order valence-electron chi connectivity index (χ2n) is 5.13. The lowest BCUT2D eigenvalue weighted by Crippen LogP contribution is -2.52. The number of carbonyl (C=O) groups excluding carboxylic acids is 2. The highest BCUT2D eigenvalue weighted by atomic mass is 16.2. The summed E-state index contributed by atoms with van der Waals surface area (Å²) in [6, 6.07) is -1.15. The molecule has 1 saturated carbocycles. The third kappa shape index (κ3) is 2.42. The van der Waals surface area contributed by atoms with Gasteiger partial charge in [-0.1, -0.05) is 0 Å². The lowest BCUT2D eigenvalue weighted by Gasteiger charge is -2.19. The van der Waals surface area contributed by atoms with Gasteiger partial charge in [-0.3, -0.25) is 9.59 Å². The van der Waals surface area contributed by atoms with Gasteiger partial charge in [0.25, 0.3) is 0 Å². The molecule has 2 fully saturated rings. The van der Waals surface area contributed by atoms with Crippen LogP contribution < -0.4 is 21.7 Å². The Bertz CT molecular complexity index is 344. The molecule has 6 heteroatoms. The molecule has 1 aliphatic heterocycles. The number of nitrogens with zero attached hydrogens (tertiary/aromatic N) is 1. The average Bonchev–Trinajstić information content (AvgIpc) is 2.79. The van der Waals surface area contributed by atoms with Crippen molar-refractivity contribution in [1.29, 1.82) is 0 Å². The van der Waals surface area contributed by atoms with Crippen molar-refractivity contribution in [3.63, 3.8) is 0 Å². The van der Waals surface area contributed by atoms with E-state index in [1.807, 2.05) is 0 Å². The summed E-state index contributed by atoms with van der Waals surface area (Å²) in [6.45, 7) is 4.80. The van der Waals surface area contributed by atoms with Crippen LogP contribution in [0.25, 0.3) is 0 Å². The van der Waals surface area contributed by atoms with E-state index in [1.165, 1.54) is 0 Å². The van der Waals surface area contributed by atoms with Gasteiger partial charge in [0.2, 0.25) is 11.8 Å². The second kappa shape index (κ2) is 4.27. The van der Waals surface area contributed by atoms with Crippen LogP contribution in [0, 0.1) is 5.92 Å². The topological polar surface area (TPSA) is 98.3 Å². The van der Waals surface area contributed by atoms with Crippen LogP contribution in [0.2, 0.25) is 0 Å². The molecule has 2 rings (SSSR count). The third-order valence-corrected chi connectivity index (χ3v) is 3.51. The van der Waals surface area contributed by atoms with Gasteiger partial charge in [0.05, 0.1) is 11.6 Å². The highest BCUT2D eigenvalue weighted by Crippen LogP contribution is 2.46. The van der Waals surface area contributed by atoms with Crippen molar-refractivity contribution < 1.29 is 9.59 Å². The van der Waals surface area contributed by atoms with Crippen molar-refractivity contribution in [2.45, 2.75) is 37.9 Å². The Labute approximate surface area is 101 Å². The number of piperidine rings is 1. The maximum atomic E-state index is 11.9. The van der Waals surface area contributed by atoms with Gasteiger partial charge in [-0.15, -0.1) is 0 Å². The van der Waals surface area contributed by atoms with Gasteiger partial charge in [0, 0.05) is 13.1 Å². The van der Waals surface area contributed by atoms with Gasteiger partial charge in [0.15, 0.2) is 0 Å². The smallest absolute Gasteiger partial charge is 0.242 e. The summed E-state index contributed by atoms with van der Waals surface area (Å²) >= 11 is 0. The number of nitrogens with two attached hydrogens (primary N) is 1. The molecule has 0 bridgehead atoms. The maximum Gasteiger partial charge on any atom is 0.242 e. The van der Waals surface area contributed by atoms with Gasteiger partial charge in [0.1, 0.15) is 6.04 Å². The number of hydrogen-bond donors (Lipinski definition) is 3. The summed E-state index contributed by atoms with van der Waals surface area (Å²) < 4.78 is 0. The first-order chi connectivity index (χ1) is 7.94. The zero-order valence-electron chi connectivity index (χ0n) is 10.2. The van der Waals surface area contributed by atoms with Crippen molar-refractivity contribution in [1.82, 2.24) is 16.0 Å². The summed E-state index contributed by atoms with van der Waals surface area (Å²) in [4.78, 5) is 23.2. The SMILES string of the molecule is C[C@H](N)C(=O)N[C@@H](C)C(=O)NC12C[N]CC1C2. The van der Waals surface area contributed by atoms with Crippen LogP contribution in [0.4, 0.5) is 0 Å². The predicted octanol–water partition coefficient (Wildman–Crippen LogP) is -1.67. The lowest BCUT2D eigenvalue weighted by molar-refractivity contribution is -0.129. The minimum Gasteiger partial charge on any atom is -0.347 e. The van der Waals surface area contributed by atoms with E-state index in [0.29, 0.717) is 12.5 Å². The Morgan fingerprint density at radius 2 is 2.12 bits per heavy atom. The van der Waals surface area contributed by atoms with Gasteiger partial charge < -0.3 is 16.4 Å². The number of fused-ring (bicyclic) bond motifs is 1. The molecule has 4 atom stereocenters. The quantitative estimate of drug-likeness (QED) is 0.547. The van der Waals surface area contributed by atoms with E-state index in [9.17, 15) is 9.59 Å². The summed E-state index contributed by atoms with van der Waals surface area (Å²) in [5.41, 5.74) is 5.32. The van der Waals surface area contributed by atoms with E-state index in [0.717, 1.165) is 13.0 Å². The van der Waals surface area contributed by atoms with Crippen LogP contribution >= 0.6 is 0 Å². The fourth-order valence-corrected chi connectivity index (χ4v) is 2.19. The number of rotatable bonds is 4. The first kappa shape index (κ1) is 12.3. The fraction of sp³-hybridized carbons (Fsp3) is 0.818. The largest absolute Gasteiger partial charge is 0.347 e. The van der Waals surface area contributed by atoms with Gasteiger partial charge in [-0.05, 0) is 26.2 Å². The summed E-state index contributed by atoms with van der Waals surface area (Å²) in [5, 5.41) is 9.83. The van der Waals surface area contributed by atoms with E-state index < -0.39 is 12.1 Å². The molecular formula is C11H19N4O2. The van der Waals surface area contributed by atoms with Crippen LogP contribution in [0.3, 0.4) is 0 Å². The maximum absolute atomic E-state index is 11.9. The summed E-state index contributed by atoms with van der Waals surface area (Å²) in [7, 11) is 0. The molecular weight excluding hydrogens is 220 g/mol. The Hall–Kier alpha value is -1.14.